The number of nitrogens with two attached hydrogens (primary N) is 1. The lowest BCUT2D eigenvalue weighted by Gasteiger charge is -2.35. The predicted molar refractivity (Wildman–Crippen MR) is 78.0 cm³/mol. The zero-order chi connectivity index (χ0) is 14.5. The van der Waals surface area contributed by atoms with Gasteiger partial charge in [0.15, 0.2) is 0 Å². The SMILES string of the molecule is CN(CC(=O)N1CCCC(C(N)=O)C1)C1CCCCC1. The first kappa shape index (κ1) is 15.3. The molecule has 0 spiro atoms. The van der Waals surface area contributed by atoms with E-state index < -0.39 is 0 Å². The van der Waals surface area contributed by atoms with E-state index >= 15 is 0 Å². The van der Waals surface area contributed by atoms with Crippen LogP contribution in [0.25, 0.3) is 0 Å². The van der Waals surface area contributed by atoms with E-state index in [1.807, 2.05) is 11.9 Å². The molecule has 1 aliphatic heterocycles. The predicted octanol–water partition coefficient (Wildman–Crippen LogP) is 0.975. The monoisotopic (exact) mass is 281 g/mol. The third kappa shape index (κ3) is 3.95. The highest BCUT2D eigenvalue weighted by Gasteiger charge is 2.28. The molecule has 5 heteroatoms. The number of likely N-dealkylation sites (N-methyl/N-ethyl adjacent to an activating group) is 1. The largest absolute Gasteiger partial charge is 0.369 e. The summed E-state index contributed by atoms with van der Waals surface area (Å²) < 4.78 is 0. The zero-order valence-electron chi connectivity index (χ0n) is 12.5. The van der Waals surface area contributed by atoms with Crippen LogP contribution in [0.2, 0.25) is 0 Å². The molecule has 0 aromatic rings. The molecular weight excluding hydrogens is 254 g/mol. The number of rotatable bonds is 4. The Kier molecular flexibility index (Phi) is 5.40. The molecule has 1 atom stereocenters. The number of likely N-dealkylation sites (tertiary alicyclic amines) is 1. The van der Waals surface area contributed by atoms with Crippen molar-refractivity contribution in [2.24, 2.45) is 11.7 Å². The highest BCUT2D eigenvalue weighted by molar-refractivity contribution is 5.81. The van der Waals surface area contributed by atoms with Crippen LogP contribution in [0.15, 0.2) is 0 Å². The number of amides is 2. The minimum absolute atomic E-state index is 0.143. The summed E-state index contributed by atoms with van der Waals surface area (Å²) in [4.78, 5) is 27.6. The molecule has 2 rings (SSSR count). The van der Waals surface area contributed by atoms with Crippen molar-refractivity contribution in [3.05, 3.63) is 0 Å². The molecule has 1 heterocycles. The average molecular weight is 281 g/mol. The molecule has 2 N–H and O–H groups in total. The number of nitrogens with zero attached hydrogens (tertiary/aromatic N) is 2. The quantitative estimate of drug-likeness (QED) is 0.835. The second kappa shape index (κ2) is 7.07. The normalized spacial score (nSPS) is 24.9. The van der Waals surface area contributed by atoms with Crippen LogP contribution in [0.4, 0.5) is 0 Å². The molecule has 1 unspecified atom stereocenters. The van der Waals surface area contributed by atoms with Crippen LogP contribution in [0, 0.1) is 5.92 Å². The van der Waals surface area contributed by atoms with E-state index in [2.05, 4.69) is 4.90 Å². The van der Waals surface area contributed by atoms with Gasteiger partial charge in [0, 0.05) is 19.1 Å². The van der Waals surface area contributed by atoms with E-state index in [-0.39, 0.29) is 17.7 Å². The number of carbonyl (C=O) groups excluding carboxylic acids is 2. The Morgan fingerprint density at radius 1 is 1.15 bits per heavy atom. The number of carbonyl (C=O) groups is 2. The highest BCUT2D eigenvalue weighted by atomic mass is 16.2. The average Bonchev–Trinajstić information content (AvgIpc) is 2.48. The van der Waals surface area contributed by atoms with Gasteiger partial charge in [-0.15, -0.1) is 0 Å². The molecule has 2 aliphatic rings. The first-order valence-electron chi connectivity index (χ1n) is 7.85. The lowest BCUT2D eigenvalue weighted by Crippen LogP contribution is -2.48. The Hall–Kier alpha value is -1.10. The highest BCUT2D eigenvalue weighted by Crippen LogP contribution is 2.22. The van der Waals surface area contributed by atoms with Crippen LogP contribution < -0.4 is 5.73 Å². The maximum absolute atomic E-state index is 12.4. The molecule has 1 saturated heterocycles. The number of hydrogen-bond donors (Lipinski definition) is 1. The van der Waals surface area contributed by atoms with Gasteiger partial charge in [-0.3, -0.25) is 14.5 Å². The van der Waals surface area contributed by atoms with Gasteiger partial charge in [0.2, 0.25) is 11.8 Å². The molecule has 0 radical (unpaired) electrons. The van der Waals surface area contributed by atoms with Crippen molar-refractivity contribution in [3.8, 4) is 0 Å². The van der Waals surface area contributed by atoms with Crippen molar-refractivity contribution in [2.75, 3.05) is 26.7 Å². The fourth-order valence-electron chi connectivity index (χ4n) is 3.40. The molecular formula is C15H27N3O2. The standard InChI is InChI=1S/C15H27N3O2/c1-17(13-7-3-2-4-8-13)11-14(19)18-9-5-6-12(10-18)15(16)20/h12-13H,2-11H2,1H3,(H2,16,20). The number of hydrogen-bond acceptors (Lipinski definition) is 3. The topological polar surface area (TPSA) is 66.6 Å². The molecule has 5 nitrogen and oxygen atoms in total. The molecule has 0 bridgehead atoms. The van der Waals surface area contributed by atoms with Crippen LogP contribution in [0.1, 0.15) is 44.9 Å². The molecule has 2 amide bonds. The minimum atomic E-state index is -0.275. The molecule has 0 aromatic heterocycles. The molecule has 1 saturated carbocycles. The third-order valence-electron chi connectivity index (χ3n) is 4.76. The number of piperidine rings is 1. The maximum Gasteiger partial charge on any atom is 0.236 e. The van der Waals surface area contributed by atoms with Crippen molar-refractivity contribution < 1.29 is 9.59 Å². The van der Waals surface area contributed by atoms with Crippen molar-refractivity contribution in [1.82, 2.24) is 9.80 Å². The van der Waals surface area contributed by atoms with Gasteiger partial charge in [0.05, 0.1) is 12.5 Å². The minimum Gasteiger partial charge on any atom is -0.369 e. The zero-order valence-corrected chi connectivity index (χ0v) is 12.5. The van der Waals surface area contributed by atoms with E-state index in [1.54, 1.807) is 0 Å². The van der Waals surface area contributed by atoms with Crippen molar-refractivity contribution in [3.63, 3.8) is 0 Å². The Morgan fingerprint density at radius 2 is 1.85 bits per heavy atom. The first-order chi connectivity index (χ1) is 9.58. The van der Waals surface area contributed by atoms with Gasteiger partial charge >= 0.3 is 0 Å². The van der Waals surface area contributed by atoms with Gasteiger partial charge in [-0.25, -0.2) is 0 Å². The Labute approximate surface area is 121 Å². The van der Waals surface area contributed by atoms with Crippen LogP contribution in [0.3, 0.4) is 0 Å². The molecule has 114 valence electrons. The van der Waals surface area contributed by atoms with E-state index in [4.69, 9.17) is 5.73 Å². The molecule has 1 aliphatic carbocycles. The lowest BCUT2D eigenvalue weighted by molar-refractivity contribution is -0.136. The summed E-state index contributed by atoms with van der Waals surface area (Å²) in [5, 5.41) is 0. The van der Waals surface area contributed by atoms with E-state index in [0.29, 0.717) is 19.1 Å². The van der Waals surface area contributed by atoms with Crippen LogP contribution in [-0.4, -0.2) is 54.3 Å². The number of primary amides is 1. The summed E-state index contributed by atoms with van der Waals surface area (Å²) in [5.74, 6) is -0.292. The Morgan fingerprint density at radius 3 is 2.50 bits per heavy atom. The van der Waals surface area contributed by atoms with E-state index in [9.17, 15) is 9.59 Å². The summed E-state index contributed by atoms with van der Waals surface area (Å²) in [6.45, 7) is 1.74. The molecule has 0 aromatic carbocycles. The van der Waals surface area contributed by atoms with Crippen LogP contribution in [-0.2, 0) is 9.59 Å². The van der Waals surface area contributed by atoms with Crippen molar-refractivity contribution >= 4 is 11.8 Å². The summed E-state index contributed by atoms with van der Waals surface area (Å²) in [6.07, 6.45) is 7.98. The van der Waals surface area contributed by atoms with Gasteiger partial charge in [-0.2, -0.15) is 0 Å². The Balaban J connectivity index is 1.82. The first-order valence-corrected chi connectivity index (χ1v) is 7.85. The van der Waals surface area contributed by atoms with Gasteiger partial charge in [-0.05, 0) is 32.7 Å². The van der Waals surface area contributed by atoms with Gasteiger partial charge < -0.3 is 10.6 Å². The van der Waals surface area contributed by atoms with E-state index in [0.717, 1.165) is 19.4 Å². The third-order valence-corrected chi connectivity index (χ3v) is 4.76. The summed E-state index contributed by atoms with van der Waals surface area (Å²) in [5.41, 5.74) is 5.36. The second-order valence-corrected chi connectivity index (χ2v) is 6.29. The molecule has 2 fully saturated rings. The van der Waals surface area contributed by atoms with Crippen molar-refractivity contribution in [2.45, 2.75) is 51.0 Å². The molecule has 20 heavy (non-hydrogen) atoms. The van der Waals surface area contributed by atoms with Gasteiger partial charge in [0.1, 0.15) is 0 Å². The van der Waals surface area contributed by atoms with E-state index in [1.165, 1.54) is 32.1 Å². The fraction of sp³-hybridized carbons (Fsp3) is 0.867. The second-order valence-electron chi connectivity index (χ2n) is 6.29. The van der Waals surface area contributed by atoms with Gasteiger partial charge in [-0.1, -0.05) is 19.3 Å². The van der Waals surface area contributed by atoms with Crippen LogP contribution >= 0.6 is 0 Å². The summed E-state index contributed by atoms with van der Waals surface area (Å²) in [7, 11) is 2.05. The van der Waals surface area contributed by atoms with Crippen LogP contribution in [0.5, 0.6) is 0 Å². The van der Waals surface area contributed by atoms with Gasteiger partial charge in [0.25, 0.3) is 0 Å². The fourth-order valence-corrected chi connectivity index (χ4v) is 3.40. The Bertz CT molecular complexity index is 353. The maximum atomic E-state index is 12.4. The summed E-state index contributed by atoms with van der Waals surface area (Å²) in [6, 6.07) is 0.546. The lowest BCUT2D eigenvalue weighted by atomic mass is 9.94. The van der Waals surface area contributed by atoms with Crippen molar-refractivity contribution in [1.29, 1.82) is 0 Å². The smallest absolute Gasteiger partial charge is 0.236 e. The summed E-state index contributed by atoms with van der Waals surface area (Å²) >= 11 is 0.